The standard InChI is InChI=1S/C27H32ClFN4O4S/c28-24-9-8-23(38-24)27(36)30-13-22(32(15-18-4-5-18)14-17-2-1-3-17)26(35)31-19-6-7-21(20(29)12-19)33-10-11-37-16-25(33)34/h6-9,12,17-18,22H,1-5,10-11,13-16H2,(H,30,36)(H,31,35)/t22-/m0/s1. The van der Waals surface area contributed by atoms with Gasteiger partial charge in [-0.05, 0) is 67.9 Å². The number of morpholine rings is 1. The quantitative estimate of drug-likeness (QED) is 0.429. The van der Waals surface area contributed by atoms with E-state index >= 15 is 4.39 Å². The number of halogens is 2. The molecule has 1 aliphatic heterocycles. The van der Waals surface area contributed by atoms with Gasteiger partial charge in [0.05, 0.1) is 21.5 Å². The SMILES string of the molecule is O=C(NC[C@@H](C(=O)Nc1ccc(N2CCOCC2=O)c(F)c1)N(CC1CCC1)CC1CC1)c1ccc(Cl)s1. The molecule has 3 amide bonds. The molecule has 2 saturated carbocycles. The van der Waals surface area contributed by atoms with Crippen molar-refractivity contribution in [2.45, 2.75) is 38.1 Å². The van der Waals surface area contributed by atoms with Crippen molar-refractivity contribution in [2.24, 2.45) is 11.8 Å². The molecule has 1 atom stereocenters. The molecule has 11 heteroatoms. The predicted octanol–water partition coefficient (Wildman–Crippen LogP) is 4.15. The number of ether oxygens (including phenoxy) is 1. The molecule has 38 heavy (non-hydrogen) atoms. The molecule has 2 aliphatic carbocycles. The lowest BCUT2D eigenvalue weighted by Gasteiger charge is -2.37. The molecular weight excluding hydrogens is 531 g/mol. The normalized spacial score (nSPS) is 18.8. The number of thiophene rings is 1. The molecule has 5 rings (SSSR count). The van der Waals surface area contributed by atoms with Gasteiger partial charge in [-0.15, -0.1) is 11.3 Å². The Balaban J connectivity index is 1.31. The summed E-state index contributed by atoms with van der Waals surface area (Å²) in [6.45, 7) is 2.25. The second-order valence-electron chi connectivity index (χ2n) is 10.3. The molecule has 2 heterocycles. The van der Waals surface area contributed by atoms with Crippen molar-refractivity contribution >= 4 is 52.0 Å². The molecular formula is C27H32ClFN4O4S. The number of carbonyl (C=O) groups excluding carboxylic acids is 3. The maximum atomic E-state index is 15.0. The van der Waals surface area contributed by atoms with Gasteiger partial charge >= 0.3 is 0 Å². The highest BCUT2D eigenvalue weighted by Gasteiger charge is 2.35. The van der Waals surface area contributed by atoms with Crippen LogP contribution in [0.1, 0.15) is 41.8 Å². The number of nitrogens with one attached hydrogen (secondary N) is 2. The zero-order valence-corrected chi connectivity index (χ0v) is 22.7. The highest BCUT2D eigenvalue weighted by atomic mass is 35.5. The second-order valence-corrected chi connectivity index (χ2v) is 12.0. The van der Waals surface area contributed by atoms with Gasteiger partial charge in [0, 0.05) is 31.9 Å². The third-order valence-corrected chi connectivity index (χ3v) is 8.63. The highest BCUT2D eigenvalue weighted by Crippen LogP contribution is 2.33. The highest BCUT2D eigenvalue weighted by molar-refractivity contribution is 7.18. The van der Waals surface area contributed by atoms with Crippen molar-refractivity contribution in [1.29, 1.82) is 0 Å². The van der Waals surface area contributed by atoms with E-state index < -0.39 is 11.9 Å². The number of benzene rings is 1. The Kier molecular flexibility index (Phi) is 8.62. The van der Waals surface area contributed by atoms with E-state index in [0.717, 1.165) is 38.8 Å². The third-order valence-electron chi connectivity index (χ3n) is 7.40. The molecule has 8 nitrogen and oxygen atoms in total. The van der Waals surface area contributed by atoms with Crippen LogP contribution in [0.25, 0.3) is 0 Å². The number of anilines is 2. The summed E-state index contributed by atoms with van der Waals surface area (Å²) in [7, 11) is 0. The zero-order valence-electron chi connectivity index (χ0n) is 21.1. The summed E-state index contributed by atoms with van der Waals surface area (Å²) in [5, 5.41) is 5.77. The second kappa shape index (κ2) is 12.1. The Morgan fingerprint density at radius 3 is 2.53 bits per heavy atom. The number of hydrogen-bond donors (Lipinski definition) is 2. The lowest BCUT2D eigenvalue weighted by Crippen LogP contribution is -2.53. The van der Waals surface area contributed by atoms with Crippen molar-refractivity contribution < 1.29 is 23.5 Å². The molecule has 0 unspecified atom stereocenters. The molecule has 0 bridgehead atoms. The van der Waals surface area contributed by atoms with Crippen LogP contribution in [-0.2, 0) is 14.3 Å². The van der Waals surface area contributed by atoms with E-state index in [1.54, 1.807) is 18.2 Å². The molecule has 1 aromatic carbocycles. The van der Waals surface area contributed by atoms with E-state index in [0.29, 0.717) is 33.3 Å². The van der Waals surface area contributed by atoms with Crippen LogP contribution in [0.4, 0.5) is 15.8 Å². The van der Waals surface area contributed by atoms with Gasteiger partial charge in [0.1, 0.15) is 18.5 Å². The van der Waals surface area contributed by atoms with E-state index in [-0.39, 0.29) is 43.1 Å². The molecule has 0 spiro atoms. The van der Waals surface area contributed by atoms with Gasteiger partial charge in [-0.1, -0.05) is 18.0 Å². The van der Waals surface area contributed by atoms with Gasteiger partial charge in [0.25, 0.3) is 11.8 Å². The fraction of sp³-hybridized carbons (Fsp3) is 0.519. The summed E-state index contributed by atoms with van der Waals surface area (Å²) in [5.41, 5.74) is 0.461. The van der Waals surface area contributed by atoms with Crippen LogP contribution in [0.5, 0.6) is 0 Å². The molecule has 3 aliphatic rings. The minimum atomic E-state index is -0.612. The topological polar surface area (TPSA) is 91.0 Å². The monoisotopic (exact) mass is 562 g/mol. The van der Waals surface area contributed by atoms with Crippen molar-refractivity contribution in [2.75, 3.05) is 49.6 Å². The number of rotatable bonds is 11. The van der Waals surface area contributed by atoms with E-state index in [1.165, 1.54) is 34.8 Å². The van der Waals surface area contributed by atoms with Crippen molar-refractivity contribution in [3.8, 4) is 0 Å². The molecule has 3 fully saturated rings. The lowest BCUT2D eigenvalue weighted by molar-refractivity contribution is -0.125. The Bertz CT molecular complexity index is 1190. The number of amides is 3. The van der Waals surface area contributed by atoms with E-state index in [2.05, 4.69) is 15.5 Å². The maximum absolute atomic E-state index is 15.0. The summed E-state index contributed by atoms with van der Waals surface area (Å²) in [4.78, 5) is 42.5. The number of nitrogens with zero attached hydrogens (tertiary/aromatic N) is 2. The van der Waals surface area contributed by atoms with Crippen molar-refractivity contribution in [3.63, 3.8) is 0 Å². The Morgan fingerprint density at radius 1 is 1.16 bits per heavy atom. The Labute approximate surface area is 230 Å². The van der Waals surface area contributed by atoms with Gasteiger partial charge in [0.15, 0.2) is 0 Å². The summed E-state index contributed by atoms with van der Waals surface area (Å²) >= 11 is 7.18. The van der Waals surface area contributed by atoms with E-state index in [9.17, 15) is 14.4 Å². The predicted molar refractivity (Wildman–Crippen MR) is 145 cm³/mol. The largest absolute Gasteiger partial charge is 0.370 e. The van der Waals surface area contributed by atoms with Gasteiger partial charge in [-0.25, -0.2) is 4.39 Å². The van der Waals surface area contributed by atoms with Gasteiger partial charge in [0.2, 0.25) is 5.91 Å². The van der Waals surface area contributed by atoms with Crippen molar-refractivity contribution in [1.82, 2.24) is 10.2 Å². The minimum absolute atomic E-state index is 0.0825. The van der Waals surface area contributed by atoms with Crippen LogP contribution >= 0.6 is 22.9 Å². The number of carbonyl (C=O) groups is 3. The van der Waals surface area contributed by atoms with Crippen LogP contribution in [0.2, 0.25) is 4.34 Å². The fourth-order valence-corrected chi connectivity index (χ4v) is 5.83. The Morgan fingerprint density at radius 2 is 1.92 bits per heavy atom. The third kappa shape index (κ3) is 6.72. The Hall–Kier alpha value is -2.53. The van der Waals surface area contributed by atoms with Gasteiger partial charge in [-0.3, -0.25) is 19.3 Å². The average molecular weight is 563 g/mol. The van der Waals surface area contributed by atoms with Gasteiger partial charge < -0.3 is 20.3 Å². The summed E-state index contributed by atoms with van der Waals surface area (Å²) in [6, 6.07) is 7.05. The number of hydrogen-bond acceptors (Lipinski definition) is 6. The van der Waals surface area contributed by atoms with Crippen LogP contribution in [-0.4, -0.2) is 68.1 Å². The molecule has 2 aromatic rings. The van der Waals surface area contributed by atoms with Crippen LogP contribution < -0.4 is 15.5 Å². The molecule has 0 radical (unpaired) electrons. The molecule has 1 aromatic heterocycles. The first-order valence-corrected chi connectivity index (χ1v) is 14.3. The van der Waals surface area contributed by atoms with E-state index in [1.807, 2.05) is 0 Å². The van der Waals surface area contributed by atoms with E-state index in [4.69, 9.17) is 16.3 Å². The molecule has 204 valence electrons. The van der Waals surface area contributed by atoms with Crippen LogP contribution in [0.15, 0.2) is 30.3 Å². The smallest absolute Gasteiger partial charge is 0.261 e. The fourth-order valence-electron chi connectivity index (χ4n) is 4.87. The summed E-state index contributed by atoms with van der Waals surface area (Å²) in [6.07, 6.45) is 5.77. The van der Waals surface area contributed by atoms with Gasteiger partial charge in [-0.2, -0.15) is 0 Å². The van der Waals surface area contributed by atoms with Crippen LogP contribution in [0, 0.1) is 17.7 Å². The summed E-state index contributed by atoms with van der Waals surface area (Å²) in [5.74, 6) is -0.383. The first-order chi connectivity index (χ1) is 18.4. The van der Waals surface area contributed by atoms with Crippen LogP contribution in [0.3, 0.4) is 0 Å². The summed E-state index contributed by atoms with van der Waals surface area (Å²) < 4.78 is 20.7. The zero-order chi connectivity index (χ0) is 26.6. The van der Waals surface area contributed by atoms with Crippen molar-refractivity contribution in [3.05, 3.63) is 45.4 Å². The molecule has 2 N–H and O–H groups in total. The first-order valence-electron chi connectivity index (χ1n) is 13.1. The first kappa shape index (κ1) is 27.1. The minimum Gasteiger partial charge on any atom is -0.370 e. The maximum Gasteiger partial charge on any atom is 0.261 e. The lowest BCUT2D eigenvalue weighted by atomic mass is 9.84. The average Bonchev–Trinajstić information content (AvgIpc) is 3.58. The molecule has 1 saturated heterocycles.